The van der Waals surface area contributed by atoms with Gasteiger partial charge in [-0.25, -0.2) is 0 Å². The maximum atomic E-state index is 12.8. The van der Waals surface area contributed by atoms with Crippen LogP contribution >= 0.6 is 11.6 Å². The van der Waals surface area contributed by atoms with Gasteiger partial charge < -0.3 is 20.1 Å². The molecule has 0 spiro atoms. The number of carbonyl (C=O) groups is 3. The van der Waals surface area contributed by atoms with E-state index in [2.05, 4.69) is 10.6 Å². The first-order valence-electron chi connectivity index (χ1n) is 10.2. The minimum atomic E-state index is -0.513. The predicted octanol–water partition coefficient (Wildman–Crippen LogP) is 4.48. The predicted molar refractivity (Wildman–Crippen MR) is 125 cm³/mol. The standard InChI is InChI=1S/C24H29ClN2O5/c1-15(28)18-13-17(7-9-21(18)32-11-10-31-5)27-22(29)19-12-16(6-8-20(19)25)14-26-23(30)24(2,3)4/h6-9,12-13H,10-11,14H2,1-5H3,(H,26,30)(H,27,29). The van der Waals surface area contributed by atoms with Gasteiger partial charge in [-0.1, -0.05) is 38.4 Å². The summed E-state index contributed by atoms with van der Waals surface area (Å²) in [4.78, 5) is 37.0. The first kappa shape index (κ1) is 25.4. The third kappa shape index (κ3) is 7.07. The summed E-state index contributed by atoms with van der Waals surface area (Å²) in [5.74, 6) is -0.296. The van der Waals surface area contributed by atoms with Crippen molar-refractivity contribution in [3.8, 4) is 5.75 Å². The van der Waals surface area contributed by atoms with E-state index in [-0.39, 0.29) is 28.8 Å². The molecule has 0 bridgehead atoms. The van der Waals surface area contributed by atoms with E-state index in [1.807, 2.05) is 20.8 Å². The van der Waals surface area contributed by atoms with Crippen LogP contribution in [0.25, 0.3) is 0 Å². The van der Waals surface area contributed by atoms with E-state index in [1.165, 1.54) is 6.92 Å². The normalized spacial score (nSPS) is 11.1. The molecule has 0 fully saturated rings. The van der Waals surface area contributed by atoms with Crippen molar-refractivity contribution < 1.29 is 23.9 Å². The van der Waals surface area contributed by atoms with Crippen molar-refractivity contribution in [1.29, 1.82) is 0 Å². The molecular weight excluding hydrogens is 432 g/mol. The number of ketones is 1. The molecule has 0 aliphatic rings. The summed E-state index contributed by atoms with van der Waals surface area (Å²) in [6.45, 7) is 7.87. The molecule has 0 saturated carbocycles. The second-order valence-corrected chi connectivity index (χ2v) is 8.72. The summed E-state index contributed by atoms with van der Waals surface area (Å²) >= 11 is 6.24. The number of hydrogen-bond acceptors (Lipinski definition) is 5. The smallest absolute Gasteiger partial charge is 0.257 e. The monoisotopic (exact) mass is 460 g/mol. The van der Waals surface area contributed by atoms with Crippen LogP contribution in [0.15, 0.2) is 36.4 Å². The highest BCUT2D eigenvalue weighted by Gasteiger charge is 2.21. The summed E-state index contributed by atoms with van der Waals surface area (Å²) < 4.78 is 10.5. The zero-order chi connectivity index (χ0) is 23.9. The molecule has 2 N–H and O–H groups in total. The molecule has 0 unspecified atom stereocenters. The quantitative estimate of drug-likeness (QED) is 0.425. The number of nitrogens with one attached hydrogen (secondary N) is 2. The summed E-state index contributed by atoms with van der Waals surface area (Å²) in [5.41, 5.74) is 1.27. The Kier molecular flexibility index (Phi) is 8.80. The van der Waals surface area contributed by atoms with Gasteiger partial charge in [-0.3, -0.25) is 14.4 Å². The molecule has 2 rings (SSSR count). The van der Waals surface area contributed by atoms with Gasteiger partial charge in [0.1, 0.15) is 12.4 Å². The number of Topliss-reactive ketones (excluding diaryl/α,β-unsaturated/α-hetero) is 1. The van der Waals surface area contributed by atoms with Crippen molar-refractivity contribution in [3.63, 3.8) is 0 Å². The largest absolute Gasteiger partial charge is 0.490 e. The molecule has 7 nitrogen and oxygen atoms in total. The summed E-state index contributed by atoms with van der Waals surface area (Å²) in [6, 6.07) is 9.83. The Morgan fingerprint density at radius 1 is 1.00 bits per heavy atom. The molecule has 0 aliphatic carbocycles. The summed E-state index contributed by atoms with van der Waals surface area (Å²) in [5, 5.41) is 5.89. The second kappa shape index (κ2) is 11.1. The van der Waals surface area contributed by atoms with E-state index in [1.54, 1.807) is 43.5 Å². The molecule has 32 heavy (non-hydrogen) atoms. The van der Waals surface area contributed by atoms with Gasteiger partial charge in [0.05, 0.1) is 22.8 Å². The Labute approximate surface area is 193 Å². The number of amides is 2. The molecule has 0 saturated heterocycles. The van der Waals surface area contributed by atoms with Crippen LogP contribution in [0.4, 0.5) is 5.69 Å². The lowest BCUT2D eigenvalue weighted by molar-refractivity contribution is -0.128. The Bertz CT molecular complexity index is 998. The van der Waals surface area contributed by atoms with E-state index in [0.717, 1.165) is 5.56 Å². The number of hydrogen-bond donors (Lipinski definition) is 2. The van der Waals surface area contributed by atoms with Crippen molar-refractivity contribution in [2.75, 3.05) is 25.6 Å². The van der Waals surface area contributed by atoms with Crippen LogP contribution in [-0.4, -0.2) is 37.9 Å². The molecule has 8 heteroatoms. The average Bonchev–Trinajstić information content (AvgIpc) is 2.73. The van der Waals surface area contributed by atoms with Gasteiger partial charge in [0.2, 0.25) is 5.91 Å². The SMILES string of the molecule is COCCOc1ccc(NC(=O)c2cc(CNC(=O)C(C)(C)C)ccc2Cl)cc1C(C)=O. The Morgan fingerprint density at radius 2 is 1.72 bits per heavy atom. The zero-order valence-electron chi connectivity index (χ0n) is 19.0. The van der Waals surface area contributed by atoms with Crippen LogP contribution in [0.2, 0.25) is 5.02 Å². The topological polar surface area (TPSA) is 93.7 Å². The van der Waals surface area contributed by atoms with Gasteiger partial charge in [-0.2, -0.15) is 0 Å². The molecule has 0 radical (unpaired) electrons. The minimum Gasteiger partial charge on any atom is -0.490 e. The van der Waals surface area contributed by atoms with Crippen LogP contribution in [-0.2, 0) is 16.1 Å². The molecule has 0 aliphatic heterocycles. The van der Waals surface area contributed by atoms with Crippen LogP contribution in [0.3, 0.4) is 0 Å². The number of ether oxygens (including phenoxy) is 2. The first-order chi connectivity index (χ1) is 15.0. The Balaban J connectivity index is 2.17. The van der Waals surface area contributed by atoms with E-state index >= 15 is 0 Å². The number of rotatable bonds is 9. The Morgan fingerprint density at radius 3 is 2.34 bits per heavy atom. The van der Waals surface area contributed by atoms with E-state index in [9.17, 15) is 14.4 Å². The fourth-order valence-electron chi connectivity index (χ4n) is 2.75. The lowest BCUT2D eigenvalue weighted by Crippen LogP contribution is -2.34. The molecule has 0 atom stereocenters. The molecule has 2 amide bonds. The molecular formula is C24H29ClN2O5. The van der Waals surface area contributed by atoms with Crippen molar-refractivity contribution in [1.82, 2.24) is 5.32 Å². The summed E-state index contributed by atoms with van der Waals surface area (Å²) in [7, 11) is 1.56. The molecule has 2 aromatic carbocycles. The van der Waals surface area contributed by atoms with Crippen molar-refractivity contribution >= 4 is 34.9 Å². The molecule has 0 aromatic heterocycles. The van der Waals surface area contributed by atoms with Gasteiger partial charge in [-0.05, 0) is 42.8 Å². The Hall–Kier alpha value is -2.90. The van der Waals surface area contributed by atoms with Crippen LogP contribution in [0, 0.1) is 5.41 Å². The van der Waals surface area contributed by atoms with Gasteiger partial charge in [0.15, 0.2) is 5.78 Å². The van der Waals surface area contributed by atoms with Crippen molar-refractivity contribution in [2.45, 2.75) is 34.2 Å². The highest BCUT2D eigenvalue weighted by molar-refractivity contribution is 6.34. The highest BCUT2D eigenvalue weighted by Crippen LogP contribution is 2.25. The molecule has 0 heterocycles. The molecule has 2 aromatic rings. The maximum absolute atomic E-state index is 12.8. The third-order valence-corrected chi connectivity index (χ3v) is 4.90. The van der Waals surface area contributed by atoms with Crippen molar-refractivity contribution in [2.24, 2.45) is 5.41 Å². The average molecular weight is 461 g/mol. The van der Waals surface area contributed by atoms with E-state index in [4.69, 9.17) is 21.1 Å². The van der Waals surface area contributed by atoms with Gasteiger partial charge >= 0.3 is 0 Å². The third-order valence-electron chi connectivity index (χ3n) is 4.57. The fraction of sp³-hybridized carbons (Fsp3) is 0.375. The van der Waals surface area contributed by atoms with Crippen LogP contribution < -0.4 is 15.4 Å². The lowest BCUT2D eigenvalue weighted by atomic mass is 9.95. The van der Waals surface area contributed by atoms with Crippen molar-refractivity contribution in [3.05, 3.63) is 58.1 Å². The number of halogens is 1. The lowest BCUT2D eigenvalue weighted by Gasteiger charge is -2.18. The van der Waals surface area contributed by atoms with Gasteiger partial charge in [0.25, 0.3) is 5.91 Å². The van der Waals surface area contributed by atoms with Gasteiger partial charge in [0, 0.05) is 24.8 Å². The first-order valence-corrected chi connectivity index (χ1v) is 10.6. The van der Waals surface area contributed by atoms with E-state index in [0.29, 0.717) is 30.2 Å². The van der Waals surface area contributed by atoms with Gasteiger partial charge in [-0.15, -0.1) is 0 Å². The highest BCUT2D eigenvalue weighted by atomic mass is 35.5. The van der Waals surface area contributed by atoms with Crippen LogP contribution in [0.5, 0.6) is 5.75 Å². The number of carbonyl (C=O) groups excluding carboxylic acids is 3. The number of benzene rings is 2. The zero-order valence-corrected chi connectivity index (χ0v) is 19.8. The number of methoxy groups -OCH3 is 1. The fourth-order valence-corrected chi connectivity index (χ4v) is 2.95. The molecule has 172 valence electrons. The number of anilines is 1. The minimum absolute atomic E-state index is 0.0944. The van der Waals surface area contributed by atoms with Crippen LogP contribution in [0.1, 0.15) is 54.0 Å². The van der Waals surface area contributed by atoms with E-state index < -0.39 is 11.3 Å². The second-order valence-electron chi connectivity index (χ2n) is 8.31. The summed E-state index contributed by atoms with van der Waals surface area (Å²) in [6.07, 6.45) is 0. The maximum Gasteiger partial charge on any atom is 0.257 e.